The van der Waals surface area contributed by atoms with Gasteiger partial charge >= 0.3 is 0 Å². The SMILES string of the molecule is CNC(=O)C1COCCN1C(CC(N)=S)c1ccccc1. The van der Waals surface area contributed by atoms with Crippen LogP contribution in [0.5, 0.6) is 0 Å². The third-order valence-electron chi connectivity index (χ3n) is 3.70. The summed E-state index contributed by atoms with van der Waals surface area (Å²) in [4.78, 5) is 14.7. The number of nitrogens with zero attached hydrogens (tertiary/aromatic N) is 1. The Balaban J connectivity index is 2.29. The number of hydrogen-bond acceptors (Lipinski definition) is 4. The monoisotopic (exact) mass is 307 g/mol. The van der Waals surface area contributed by atoms with Crippen molar-refractivity contribution in [1.29, 1.82) is 0 Å². The van der Waals surface area contributed by atoms with Gasteiger partial charge in [-0.3, -0.25) is 9.69 Å². The van der Waals surface area contributed by atoms with Crippen molar-refractivity contribution in [2.24, 2.45) is 5.73 Å². The van der Waals surface area contributed by atoms with E-state index in [4.69, 9.17) is 22.7 Å². The summed E-state index contributed by atoms with van der Waals surface area (Å²) in [6.07, 6.45) is 0.548. The van der Waals surface area contributed by atoms with Crippen LogP contribution in [-0.2, 0) is 9.53 Å². The van der Waals surface area contributed by atoms with Crippen molar-refractivity contribution in [2.45, 2.75) is 18.5 Å². The maximum Gasteiger partial charge on any atom is 0.239 e. The van der Waals surface area contributed by atoms with Crippen LogP contribution in [0.2, 0.25) is 0 Å². The normalized spacial score (nSPS) is 20.7. The van der Waals surface area contributed by atoms with Crippen molar-refractivity contribution in [3.63, 3.8) is 0 Å². The zero-order valence-corrected chi connectivity index (χ0v) is 12.9. The van der Waals surface area contributed by atoms with Crippen LogP contribution in [0, 0.1) is 0 Å². The largest absolute Gasteiger partial charge is 0.393 e. The summed E-state index contributed by atoms with van der Waals surface area (Å²) in [5.74, 6) is -0.0430. The molecule has 1 amide bonds. The average molecular weight is 307 g/mol. The standard InChI is InChI=1S/C15H21N3O2S/c1-17-15(19)13-10-20-8-7-18(13)12(9-14(16)21)11-5-3-2-4-6-11/h2-6,12-13H,7-10H2,1H3,(H2,16,21)(H,17,19). The first-order chi connectivity index (χ1) is 10.1. The van der Waals surface area contributed by atoms with E-state index in [-0.39, 0.29) is 18.0 Å². The van der Waals surface area contributed by atoms with Gasteiger partial charge in [0.25, 0.3) is 0 Å². The maximum absolute atomic E-state index is 12.1. The van der Waals surface area contributed by atoms with Crippen LogP contribution in [0.1, 0.15) is 18.0 Å². The minimum absolute atomic E-state index is 0.00472. The number of nitrogens with one attached hydrogen (secondary N) is 1. The number of hydrogen-bond donors (Lipinski definition) is 2. The molecule has 0 spiro atoms. The highest BCUT2D eigenvalue weighted by Gasteiger charge is 2.34. The maximum atomic E-state index is 12.1. The molecule has 0 saturated carbocycles. The Morgan fingerprint density at radius 3 is 2.86 bits per heavy atom. The number of carbonyl (C=O) groups is 1. The Labute approximate surface area is 130 Å². The van der Waals surface area contributed by atoms with Crippen molar-refractivity contribution in [1.82, 2.24) is 10.2 Å². The van der Waals surface area contributed by atoms with E-state index in [0.717, 1.165) is 5.56 Å². The van der Waals surface area contributed by atoms with Gasteiger partial charge in [-0.2, -0.15) is 0 Å². The van der Waals surface area contributed by atoms with Gasteiger partial charge < -0.3 is 15.8 Å². The Bertz CT molecular complexity index is 495. The molecule has 1 aromatic rings. The van der Waals surface area contributed by atoms with E-state index >= 15 is 0 Å². The lowest BCUT2D eigenvalue weighted by atomic mass is 9.99. The molecule has 1 aliphatic rings. The molecular weight excluding hydrogens is 286 g/mol. The molecule has 1 aromatic carbocycles. The van der Waals surface area contributed by atoms with Crippen molar-refractivity contribution >= 4 is 23.1 Å². The van der Waals surface area contributed by atoms with Crippen molar-refractivity contribution in [3.8, 4) is 0 Å². The second-order valence-corrected chi connectivity index (χ2v) is 5.56. The first kappa shape index (κ1) is 15.9. The van der Waals surface area contributed by atoms with Gasteiger partial charge in [0.1, 0.15) is 6.04 Å². The number of ether oxygens (including phenoxy) is 1. The first-order valence-corrected chi connectivity index (χ1v) is 7.42. The number of nitrogens with two attached hydrogens (primary N) is 1. The highest BCUT2D eigenvalue weighted by Crippen LogP contribution is 2.28. The summed E-state index contributed by atoms with van der Waals surface area (Å²) in [6.45, 7) is 1.68. The highest BCUT2D eigenvalue weighted by molar-refractivity contribution is 7.80. The zero-order chi connectivity index (χ0) is 15.2. The van der Waals surface area contributed by atoms with Crippen LogP contribution in [0.3, 0.4) is 0 Å². The smallest absolute Gasteiger partial charge is 0.239 e. The van der Waals surface area contributed by atoms with Gasteiger partial charge in [0, 0.05) is 26.1 Å². The van der Waals surface area contributed by atoms with E-state index in [0.29, 0.717) is 31.2 Å². The number of carbonyl (C=O) groups excluding carboxylic acids is 1. The van der Waals surface area contributed by atoms with Gasteiger partial charge in [0.2, 0.25) is 5.91 Å². The second kappa shape index (κ2) is 7.49. The van der Waals surface area contributed by atoms with E-state index in [1.807, 2.05) is 30.3 Å². The summed E-state index contributed by atoms with van der Waals surface area (Å²) in [5.41, 5.74) is 6.88. The molecule has 1 fully saturated rings. The molecule has 2 rings (SSSR count). The molecule has 0 radical (unpaired) electrons. The number of likely N-dealkylation sites (N-methyl/N-ethyl adjacent to an activating group) is 1. The van der Waals surface area contributed by atoms with E-state index in [2.05, 4.69) is 10.2 Å². The number of rotatable bonds is 5. The molecule has 5 nitrogen and oxygen atoms in total. The number of benzene rings is 1. The minimum atomic E-state index is -0.316. The molecule has 0 aromatic heterocycles. The lowest BCUT2D eigenvalue weighted by molar-refractivity contribution is -0.134. The fraction of sp³-hybridized carbons (Fsp3) is 0.467. The summed E-state index contributed by atoms with van der Waals surface area (Å²) in [5, 5.41) is 2.70. The molecule has 21 heavy (non-hydrogen) atoms. The topological polar surface area (TPSA) is 67.6 Å². The Morgan fingerprint density at radius 1 is 1.52 bits per heavy atom. The van der Waals surface area contributed by atoms with Gasteiger partial charge in [0.15, 0.2) is 0 Å². The van der Waals surface area contributed by atoms with E-state index in [1.54, 1.807) is 7.05 Å². The van der Waals surface area contributed by atoms with Crippen molar-refractivity contribution in [3.05, 3.63) is 35.9 Å². The second-order valence-electron chi connectivity index (χ2n) is 5.04. The number of thiocarbonyl (C=S) groups is 1. The predicted octanol–water partition coefficient (Wildman–Crippen LogP) is 0.851. The molecule has 1 aliphatic heterocycles. The van der Waals surface area contributed by atoms with Crippen LogP contribution in [0.25, 0.3) is 0 Å². The van der Waals surface area contributed by atoms with E-state index in [1.165, 1.54) is 0 Å². The summed E-state index contributed by atoms with van der Waals surface area (Å²) < 4.78 is 5.46. The first-order valence-electron chi connectivity index (χ1n) is 7.01. The van der Waals surface area contributed by atoms with Gasteiger partial charge in [-0.1, -0.05) is 42.5 Å². The van der Waals surface area contributed by atoms with E-state index in [9.17, 15) is 4.79 Å². The lowest BCUT2D eigenvalue weighted by Gasteiger charge is -2.40. The molecule has 0 aliphatic carbocycles. The molecule has 2 atom stereocenters. The third-order valence-corrected chi connectivity index (χ3v) is 3.86. The van der Waals surface area contributed by atoms with Crippen LogP contribution in [0.4, 0.5) is 0 Å². The molecule has 114 valence electrons. The van der Waals surface area contributed by atoms with Gasteiger partial charge in [-0.25, -0.2) is 0 Å². The van der Waals surface area contributed by atoms with Crippen LogP contribution in [-0.4, -0.2) is 48.6 Å². The fourth-order valence-electron chi connectivity index (χ4n) is 2.67. The van der Waals surface area contributed by atoms with Crippen LogP contribution >= 0.6 is 12.2 Å². The van der Waals surface area contributed by atoms with Crippen molar-refractivity contribution < 1.29 is 9.53 Å². The lowest BCUT2D eigenvalue weighted by Crippen LogP contribution is -2.54. The molecule has 2 unspecified atom stereocenters. The summed E-state index contributed by atoms with van der Waals surface area (Å²) in [7, 11) is 1.64. The predicted molar refractivity (Wildman–Crippen MR) is 86.0 cm³/mol. The summed E-state index contributed by atoms with van der Waals surface area (Å²) in [6, 6.07) is 9.70. The molecule has 1 heterocycles. The Kier molecular flexibility index (Phi) is 5.67. The van der Waals surface area contributed by atoms with E-state index < -0.39 is 0 Å². The Morgan fingerprint density at radius 2 is 2.24 bits per heavy atom. The zero-order valence-electron chi connectivity index (χ0n) is 12.1. The Hall–Kier alpha value is -1.50. The van der Waals surface area contributed by atoms with Gasteiger partial charge in [-0.05, 0) is 5.56 Å². The van der Waals surface area contributed by atoms with Crippen molar-refractivity contribution in [2.75, 3.05) is 26.8 Å². The van der Waals surface area contributed by atoms with Crippen LogP contribution in [0.15, 0.2) is 30.3 Å². The third kappa shape index (κ3) is 4.00. The molecule has 1 saturated heterocycles. The minimum Gasteiger partial charge on any atom is -0.393 e. The highest BCUT2D eigenvalue weighted by atomic mass is 32.1. The average Bonchev–Trinajstić information content (AvgIpc) is 2.52. The van der Waals surface area contributed by atoms with Gasteiger partial charge in [0.05, 0.1) is 18.2 Å². The molecule has 3 N–H and O–H groups in total. The molecular formula is C15H21N3O2S. The molecule has 0 bridgehead atoms. The number of amides is 1. The molecule has 6 heteroatoms. The van der Waals surface area contributed by atoms with Crippen LogP contribution < -0.4 is 11.1 Å². The van der Waals surface area contributed by atoms with Gasteiger partial charge in [-0.15, -0.1) is 0 Å². The number of morpholine rings is 1. The summed E-state index contributed by atoms with van der Waals surface area (Å²) >= 11 is 5.09. The fourth-order valence-corrected chi connectivity index (χ4v) is 2.83. The quantitative estimate of drug-likeness (QED) is 0.790.